The summed E-state index contributed by atoms with van der Waals surface area (Å²) in [6, 6.07) is 0. The maximum absolute atomic E-state index is 10.5. The van der Waals surface area contributed by atoms with Gasteiger partial charge in [-0.05, 0) is 37.2 Å². The minimum absolute atomic E-state index is 0.0448. The van der Waals surface area contributed by atoms with Crippen molar-refractivity contribution in [2.24, 2.45) is 11.8 Å². The maximum atomic E-state index is 10.5. The molecule has 0 radical (unpaired) electrons. The molecule has 0 heterocycles. The van der Waals surface area contributed by atoms with E-state index in [9.17, 15) is 14.8 Å². The second-order valence-electron chi connectivity index (χ2n) is 6.01. The standard InChI is InChI=1S/C14H26O4S/c1-18-12-8-11(15)10(7-13(12)19-17)14(16)9-5-3-2-4-6-9/h9-17H,2-8H2,1H3. The lowest BCUT2D eigenvalue weighted by atomic mass is 9.73. The highest BCUT2D eigenvalue weighted by Crippen LogP contribution is 2.39. The Morgan fingerprint density at radius 2 is 1.84 bits per heavy atom. The third-order valence-corrected chi connectivity index (χ3v) is 5.66. The molecule has 0 aromatic heterocycles. The molecule has 0 aromatic carbocycles. The summed E-state index contributed by atoms with van der Waals surface area (Å²) in [6.07, 6.45) is 5.79. The predicted molar refractivity (Wildman–Crippen MR) is 76.1 cm³/mol. The molecule has 5 unspecified atom stereocenters. The molecule has 112 valence electrons. The van der Waals surface area contributed by atoms with E-state index in [0.717, 1.165) is 24.9 Å². The summed E-state index contributed by atoms with van der Waals surface area (Å²) in [6.45, 7) is 0. The van der Waals surface area contributed by atoms with Gasteiger partial charge in [-0.3, -0.25) is 0 Å². The lowest BCUT2D eigenvalue weighted by Crippen LogP contribution is -2.47. The number of ether oxygens (including phenoxy) is 1. The van der Waals surface area contributed by atoms with Gasteiger partial charge < -0.3 is 19.5 Å². The van der Waals surface area contributed by atoms with Crippen molar-refractivity contribution < 1.29 is 19.5 Å². The Morgan fingerprint density at radius 3 is 2.42 bits per heavy atom. The molecule has 0 amide bonds. The van der Waals surface area contributed by atoms with Crippen LogP contribution in [0.15, 0.2) is 0 Å². The SMILES string of the molecule is COC1CC(O)C(C(O)C2CCCCC2)CC1SO. The summed E-state index contributed by atoms with van der Waals surface area (Å²) in [5.41, 5.74) is 0. The Morgan fingerprint density at radius 1 is 1.16 bits per heavy atom. The lowest BCUT2D eigenvalue weighted by molar-refractivity contribution is -0.0772. The molecule has 0 aliphatic heterocycles. The summed E-state index contributed by atoms with van der Waals surface area (Å²) in [5, 5.41) is 20.8. The molecule has 5 heteroatoms. The molecule has 5 atom stereocenters. The monoisotopic (exact) mass is 290 g/mol. The molecule has 3 N–H and O–H groups in total. The minimum atomic E-state index is -0.523. The van der Waals surface area contributed by atoms with E-state index in [1.54, 1.807) is 7.11 Å². The number of hydrogen-bond donors (Lipinski definition) is 3. The fourth-order valence-electron chi connectivity index (χ4n) is 3.69. The van der Waals surface area contributed by atoms with Crippen LogP contribution in [0.25, 0.3) is 0 Å². The van der Waals surface area contributed by atoms with Crippen molar-refractivity contribution in [2.45, 2.75) is 68.5 Å². The van der Waals surface area contributed by atoms with Crippen molar-refractivity contribution in [1.29, 1.82) is 0 Å². The second-order valence-corrected chi connectivity index (χ2v) is 6.83. The Bertz CT molecular complexity index is 270. The van der Waals surface area contributed by atoms with E-state index in [1.807, 2.05) is 0 Å². The number of hydrogen-bond acceptors (Lipinski definition) is 5. The van der Waals surface area contributed by atoms with Gasteiger partial charge in [0.15, 0.2) is 0 Å². The maximum Gasteiger partial charge on any atom is 0.0737 e. The smallest absolute Gasteiger partial charge is 0.0737 e. The van der Waals surface area contributed by atoms with E-state index >= 15 is 0 Å². The van der Waals surface area contributed by atoms with Gasteiger partial charge in [0, 0.05) is 19.4 Å². The minimum Gasteiger partial charge on any atom is -0.393 e. The van der Waals surface area contributed by atoms with E-state index in [1.165, 1.54) is 19.3 Å². The molecule has 19 heavy (non-hydrogen) atoms. The zero-order chi connectivity index (χ0) is 13.8. The Labute approximate surface area is 119 Å². The van der Waals surface area contributed by atoms with Gasteiger partial charge >= 0.3 is 0 Å². The van der Waals surface area contributed by atoms with Gasteiger partial charge in [-0.25, -0.2) is 0 Å². The highest BCUT2D eigenvalue weighted by molar-refractivity contribution is 7.94. The van der Waals surface area contributed by atoms with Gasteiger partial charge in [-0.1, -0.05) is 19.3 Å². The van der Waals surface area contributed by atoms with Crippen molar-refractivity contribution >= 4 is 12.0 Å². The molecular weight excluding hydrogens is 264 g/mol. The average Bonchev–Trinajstić information content (AvgIpc) is 2.47. The zero-order valence-electron chi connectivity index (χ0n) is 11.6. The summed E-state index contributed by atoms with van der Waals surface area (Å²) in [7, 11) is 1.61. The molecular formula is C14H26O4S. The van der Waals surface area contributed by atoms with Gasteiger partial charge in [0.2, 0.25) is 0 Å². The number of methoxy groups -OCH3 is 1. The average molecular weight is 290 g/mol. The quantitative estimate of drug-likeness (QED) is 0.693. The Kier molecular flexibility index (Phi) is 5.96. The third-order valence-electron chi connectivity index (χ3n) is 4.90. The molecule has 0 spiro atoms. The Balaban J connectivity index is 1.98. The largest absolute Gasteiger partial charge is 0.393 e. The van der Waals surface area contributed by atoms with Crippen LogP contribution in [0.2, 0.25) is 0 Å². The molecule has 0 saturated heterocycles. The van der Waals surface area contributed by atoms with Crippen LogP contribution >= 0.6 is 12.0 Å². The van der Waals surface area contributed by atoms with Crippen LogP contribution in [0.1, 0.15) is 44.9 Å². The number of aliphatic hydroxyl groups is 2. The van der Waals surface area contributed by atoms with E-state index in [-0.39, 0.29) is 17.3 Å². The van der Waals surface area contributed by atoms with Crippen LogP contribution in [-0.2, 0) is 4.74 Å². The number of aliphatic hydroxyl groups excluding tert-OH is 2. The van der Waals surface area contributed by atoms with Crippen LogP contribution in [0, 0.1) is 11.8 Å². The highest BCUT2D eigenvalue weighted by Gasteiger charge is 2.42. The molecule has 2 saturated carbocycles. The predicted octanol–water partition coefficient (Wildman–Crippen LogP) is 2.29. The summed E-state index contributed by atoms with van der Waals surface area (Å²) in [4.78, 5) is 0. The fourth-order valence-corrected chi connectivity index (χ4v) is 4.36. The van der Waals surface area contributed by atoms with Crippen molar-refractivity contribution in [1.82, 2.24) is 0 Å². The van der Waals surface area contributed by atoms with Crippen LogP contribution in [-0.4, -0.2) is 45.4 Å². The van der Waals surface area contributed by atoms with Crippen molar-refractivity contribution in [3.63, 3.8) is 0 Å². The first kappa shape index (κ1) is 15.6. The van der Waals surface area contributed by atoms with Crippen LogP contribution in [0.3, 0.4) is 0 Å². The first-order valence-corrected chi connectivity index (χ1v) is 8.20. The van der Waals surface area contributed by atoms with E-state index in [2.05, 4.69) is 0 Å². The van der Waals surface area contributed by atoms with Gasteiger partial charge in [0.05, 0.1) is 23.6 Å². The molecule has 2 fully saturated rings. The first-order chi connectivity index (χ1) is 9.17. The fraction of sp³-hybridized carbons (Fsp3) is 1.00. The first-order valence-electron chi connectivity index (χ1n) is 7.36. The van der Waals surface area contributed by atoms with Gasteiger partial charge in [-0.15, -0.1) is 0 Å². The van der Waals surface area contributed by atoms with Gasteiger partial charge in [-0.2, -0.15) is 0 Å². The van der Waals surface area contributed by atoms with E-state index in [0.29, 0.717) is 18.8 Å². The van der Waals surface area contributed by atoms with Crippen LogP contribution in [0.5, 0.6) is 0 Å². The molecule has 2 rings (SSSR count). The summed E-state index contributed by atoms with van der Waals surface area (Å²) >= 11 is 0.801. The molecule has 0 bridgehead atoms. The molecule has 2 aliphatic carbocycles. The van der Waals surface area contributed by atoms with Crippen molar-refractivity contribution in [3.8, 4) is 0 Å². The van der Waals surface area contributed by atoms with E-state index < -0.39 is 12.2 Å². The van der Waals surface area contributed by atoms with Gasteiger partial charge in [0.1, 0.15) is 0 Å². The molecule has 0 aromatic rings. The lowest BCUT2D eigenvalue weighted by Gasteiger charge is -2.42. The topological polar surface area (TPSA) is 69.9 Å². The van der Waals surface area contributed by atoms with Crippen LogP contribution in [0.4, 0.5) is 0 Å². The second kappa shape index (κ2) is 7.27. The third kappa shape index (κ3) is 3.64. The Hall–Kier alpha value is 0.190. The van der Waals surface area contributed by atoms with E-state index in [4.69, 9.17) is 4.74 Å². The summed E-state index contributed by atoms with van der Waals surface area (Å²) < 4.78 is 14.7. The van der Waals surface area contributed by atoms with Crippen molar-refractivity contribution in [3.05, 3.63) is 0 Å². The van der Waals surface area contributed by atoms with Gasteiger partial charge in [0.25, 0.3) is 0 Å². The molecule has 4 nitrogen and oxygen atoms in total. The highest BCUT2D eigenvalue weighted by atomic mass is 32.2. The zero-order valence-corrected chi connectivity index (χ0v) is 12.4. The summed E-state index contributed by atoms with van der Waals surface area (Å²) in [5.74, 6) is 0.191. The van der Waals surface area contributed by atoms with Crippen molar-refractivity contribution in [2.75, 3.05) is 7.11 Å². The number of rotatable bonds is 4. The van der Waals surface area contributed by atoms with Crippen LogP contribution < -0.4 is 0 Å². The normalized spacial score (nSPS) is 39.2. The molecule has 2 aliphatic rings.